The molecule has 0 spiro atoms. The molecule has 0 aliphatic carbocycles. The minimum atomic E-state index is -0.370. The summed E-state index contributed by atoms with van der Waals surface area (Å²) in [6.07, 6.45) is 0.262. The highest BCUT2D eigenvalue weighted by Crippen LogP contribution is 2.25. The lowest BCUT2D eigenvalue weighted by molar-refractivity contribution is -0.121. The highest BCUT2D eigenvalue weighted by atomic mass is 32.2. The maximum absolute atomic E-state index is 12.4. The Balaban J connectivity index is 1.61. The minimum absolute atomic E-state index is 0.116. The second-order valence-corrected chi connectivity index (χ2v) is 7.69. The standard InChI is InChI=1S/C15H18N2O2S2/c18-14-8-13(16-9-12-10-20-6-7-21-12)15(19)17(14)11-4-2-1-3-5-11/h1-5,12-13,16H,6-10H2. The van der Waals surface area contributed by atoms with E-state index in [1.807, 2.05) is 41.7 Å². The normalized spacial score (nSPS) is 26.4. The number of carbonyl (C=O) groups is 2. The van der Waals surface area contributed by atoms with Crippen LogP contribution in [0.25, 0.3) is 0 Å². The Labute approximate surface area is 133 Å². The van der Waals surface area contributed by atoms with Crippen molar-refractivity contribution in [3.8, 4) is 0 Å². The number of para-hydroxylation sites is 1. The van der Waals surface area contributed by atoms with Crippen LogP contribution in [0.4, 0.5) is 5.69 Å². The zero-order valence-corrected chi connectivity index (χ0v) is 13.3. The number of nitrogens with one attached hydrogen (secondary N) is 1. The van der Waals surface area contributed by atoms with Crippen LogP contribution in [0.15, 0.2) is 30.3 Å². The van der Waals surface area contributed by atoms with Gasteiger partial charge in [0, 0.05) is 29.1 Å². The van der Waals surface area contributed by atoms with Crippen LogP contribution in [-0.2, 0) is 9.59 Å². The molecule has 4 nitrogen and oxygen atoms in total. The third kappa shape index (κ3) is 3.44. The predicted octanol–water partition coefficient (Wildman–Crippen LogP) is 1.76. The molecular weight excluding hydrogens is 304 g/mol. The van der Waals surface area contributed by atoms with E-state index in [-0.39, 0.29) is 24.3 Å². The van der Waals surface area contributed by atoms with Crippen LogP contribution in [0.3, 0.4) is 0 Å². The maximum Gasteiger partial charge on any atom is 0.251 e. The summed E-state index contributed by atoms with van der Waals surface area (Å²) in [4.78, 5) is 25.8. The Morgan fingerprint density at radius 3 is 2.71 bits per heavy atom. The van der Waals surface area contributed by atoms with Gasteiger partial charge in [-0.1, -0.05) is 18.2 Å². The van der Waals surface area contributed by atoms with E-state index >= 15 is 0 Å². The first kappa shape index (κ1) is 14.9. The van der Waals surface area contributed by atoms with Crippen LogP contribution in [0.2, 0.25) is 0 Å². The molecule has 0 radical (unpaired) electrons. The largest absolute Gasteiger partial charge is 0.304 e. The minimum Gasteiger partial charge on any atom is -0.304 e. The number of nitrogens with zero attached hydrogens (tertiary/aromatic N) is 1. The van der Waals surface area contributed by atoms with Gasteiger partial charge in [0.05, 0.1) is 18.2 Å². The fourth-order valence-corrected chi connectivity index (χ4v) is 5.19. The molecule has 6 heteroatoms. The van der Waals surface area contributed by atoms with Gasteiger partial charge in [-0.25, -0.2) is 4.90 Å². The summed E-state index contributed by atoms with van der Waals surface area (Å²) in [5.41, 5.74) is 0.666. The SMILES string of the molecule is O=C1CC(NCC2CSCCS2)C(=O)N1c1ccccc1. The predicted molar refractivity (Wildman–Crippen MR) is 88.9 cm³/mol. The first-order valence-corrected chi connectivity index (χ1v) is 9.30. The molecule has 2 unspecified atom stereocenters. The molecule has 112 valence electrons. The number of hydrogen-bond donors (Lipinski definition) is 1. The molecule has 2 saturated heterocycles. The molecule has 0 saturated carbocycles. The van der Waals surface area contributed by atoms with Gasteiger partial charge in [0.1, 0.15) is 0 Å². The maximum atomic E-state index is 12.4. The van der Waals surface area contributed by atoms with E-state index in [1.165, 1.54) is 16.4 Å². The summed E-state index contributed by atoms with van der Waals surface area (Å²) in [7, 11) is 0. The molecule has 2 heterocycles. The van der Waals surface area contributed by atoms with Gasteiger partial charge in [0.25, 0.3) is 5.91 Å². The smallest absolute Gasteiger partial charge is 0.251 e. The van der Waals surface area contributed by atoms with Gasteiger partial charge in [0.15, 0.2) is 0 Å². The van der Waals surface area contributed by atoms with E-state index in [1.54, 1.807) is 12.1 Å². The second kappa shape index (κ2) is 6.85. The third-order valence-corrected chi connectivity index (χ3v) is 6.48. The zero-order valence-electron chi connectivity index (χ0n) is 11.7. The molecule has 2 aliphatic heterocycles. The van der Waals surface area contributed by atoms with Crippen molar-refractivity contribution in [1.82, 2.24) is 5.32 Å². The summed E-state index contributed by atoms with van der Waals surface area (Å²) in [6.45, 7) is 0.796. The monoisotopic (exact) mass is 322 g/mol. The van der Waals surface area contributed by atoms with Crippen LogP contribution < -0.4 is 10.2 Å². The van der Waals surface area contributed by atoms with Crippen molar-refractivity contribution in [2.24, 2.45) is 0 Å². The molecule has 0 aromatic heterocycles. The molecular formula is C15H18N2O2S2. The summed E-state index contributed by atoms with van der Waals surface area (Å²) >= 11 is 3.91. The molecule has 2 aliphatic rings. The molecule has 21 heavy (non-hydrogen) atoms. The molecule has 1 aromatic carbocycles. The van der Waals surface area contributed by atoms with Crippen molar-refractivity contribution in [2.45, 2.75) is 17.7 Å². The molecule has 2 fully saturated rings. The van der Waals surface area contributed by atoms with Gasteiger partial charge >= 0.3 is 0 Å². The number of amides is 2. The first-order valence-electron chi connectivity index (χ1n) is 7.10. The molecule has 2 atom stereocenters. The second-order valence-electron chi connectivity index (χ2n) is 5.14. The van der Waals surface area contributed by atoms with Crippen molar-refractivity contribution < 1.29 is 9.59 Å². The number of hydrogen-bond acceptors (Lipinski definition) is 5. The van der Waals surface area contributed by atoms with Crippen molar-refractivity contribution in [3.63, 3.8) is 0 Å². The highest BCUT2D eigenvalue weighted by molar-refractivity contribution is 8.06. The van der Waals surface area contributed by atoms with E-state index in [2.05, 4.69) is 5.32 Å². The van der Waals surface area contributed by atoms with Crippen molar-refractivity contribution in [2.75, 3.05) is 28.7 Å². The van der Waals surface area contributed by atoms with Crippen LogP contribution in [0, 0.1) is 0 Å². The van der Waals surface area contributed by atoms with E-state index in [4.69, 9.17) is 0 Å². The summed E-state index contributed by atoms with van der Waals surface area (Å²) < 4.78 is 0. The van der Waals surface area contributed by atoms with E-state index in [0.29, 0.717) is 10.9 Å². The van der Waals surface area contributed by atoms with Crippen molar-refractivity contribution >= 4 is 41.0 Å². The fourth-order valence-electron chi connectivity index (χ4n) is 2.57. The van der Waals surface area contributed by atoms with Gasteiger partial charge in [0.2, 0.25) is 5.91 Å². The summed E-state index contributed by atoms with van der Waals surface area (Å²) in [5.74, 6) is 3.26. The van der Waals surface area contributed by atoms with Gasteiger partial charge in [-0.3, -0.25) is 9.59 Å². The zero-order chi connectivity index (χ0) is 14.7. The topological polar surface area (TPSA) is 49.4 Å². The average molecular weight is 322 g/mol. The number of rotatable bonds is 4. The van der Waals surface area contributed by atoms with Crippen LogP contribution in [-0.4, -0.2) is 46.9 Å². The molecule has 0 bridgehead atoms. The lowest BCUT2D eigenvalue weighted by Gasteiger charge is -2.22. The quantitative estimate of drug-likeness (QED) is 0.856. The highest BCUT2D eigenvalue weighted by Gasteiger charge is 2.39. The Morgan fingerprint density at radius 1 is 1.19 bits per heavy atom. The lowest BCUT2D eigenvalue weighted by Crippen LogP contribution is -2.42. The van der Waals surface area contributed by atoms with Crippen molar-refractivity contribution in [3.05, 3.63) is 30.3 Å². The summed E-state index contributed by atoms with van der Waals surface area (Å²) in [5, 5.41) is 3.82. The average Bonchev–Trinajstić information content (AvgIpc) is 2.81. The molecule has 2 amide bonds. The number of benzene rings is 1. The Hall–Kier alpha value is -0.980. The van der Waals surface area contributed by atoms with Crippen LogP contribution in [0.5, 0.6) is 0 Å². The molecule has 3 rings (SSSR count). The van der Waals surface area contributed by atoms with E-state index in [0.717, 1.165) is 12.3 Å². The Morgan fingerprint density at radius 2 is 2.00 bits per heavy atom. The first-order chi connectivity index (χ1) is 10.3. The third-order valence-electron chi connectivity index (χ3n) is 3.64. The van der Waals surface area contributed by atoms with Crippen LogP contribution >= 0.6 is 23.5 Å². The Bertz CT molecular complexity index is 518. The summed E-state index contributed by atoms with van der Waals surface area (Å²) in [6, 6.07) is 8.78. The van der Waals surface area contributed by atoms with Gasteiger partial charge in [-0.2, -0.15) is 23.5 Å². The molecule has 1 N–H and O–H groups in total. The number of carbonyl (C=O) groups excluding carboxylic acids is 2. The fraction of sp³-hybridized carbons (Fsp3) is 0.467. The van der Waals surface area contributed by atoms with Crippen LogP contribution in [0.1, 0.15) is 6.42 Å². The molecule has 1 aromatic rings. The van der Waals surface area contributed by atoms with Gasteiger partial charge in [-0.05, 0) is 12.1 Å². The van der Waals surface area contributed by atoms with Gasteiger partial charge < -0.3 is 5.32 Å². The number of thioether (sulfide) groups is 2. The van der Waals surface area contributed by atoms with Crippen molar-refractivity contribution in [1.29, 1.82) is 0 Å². The van der Waals surface area contributed by atoms with Gasteiger partial charge in [-0.15, -0.1) is 0 Å². The van der Waals surface area contributed by atoms with E-state index in [9.17, 15) is 9.59 Å². The van der Waals surface area contributed by atoms with E-state index < -0.39 is 0 Å². The number of anilines is 1. The Kier molecular flexibility index (Phi) is 4.87. The lowest BCUT2D eigenvalue weighted by atomic mass is 10.2. The number of imide groups is 1.